The lowest BCUT2D eigenvalue weighted by atomic mass is 10.2. The van der Waals surface area contributed by atoms with E-state index in [4.69, 9.17) is 9.47 Å². The van der Waals surface area contributed by atoms with E-state index in [2.05, 4.69) is 10.1 Å². The Morgan fingerprint density at radius 3 is 2.49 bits per heavy atom. The molecule has 186 valence electrons. The van der Waals surface area contributed by atoms with Crippen LogP contribution in [0.25, 0.3) is 17.8 Å². The molecule has 0 saturated heterocycles. The number of Topliss-reactive ketones (excluding diaryl/α,β-unsaturated/α-hetero) is 1. The average Bonchev–Trinajstić information content (AvgIpc) is 3.69. The van der Waals surface area contributed by atoms with Crippen molar-refractivity contribution >= 4 is 29.6 Å². The molecule has 1 saturated carbocycles. The summed E-state index contributed by atoms with van der Waals surface area (Å²) in [5, 5.41) is 4.47. The van der Waals surface area contributed by atoms with Gasteiger partial charge in [-0.2, -0.15) is 0 Å². The second-order valence-electron chi connectivity index (χ2n) is 8.91. The Morgan fingerprint density at radius 2 is 1.70 bits per heavy atom. The van der Waals surface area contributed by atoms with E-state index in [1.165, 1.54) is 0 Å². The van der Waals surface area contributed by atoms with Gasteiger partial charge in [0.2, 0.25) is 5.88 Å². The fourth-order valence-electron chi connectivity index (χ4n) is 3.74. The van der Waals surface area contributed by atoms with Crippen molar-refractivity contribution in [3.8, 4) is 11.6 Å². The molecule has 0 bridgehead atoms. The van der Waals surface area contributed by atoms with Crippen molar-refractivity contribution in [3.05, 3.63) is 102 Å². The Bertz CT molecular complexity index is 1430. The Labute approximate surface area is 215 Å². The zero-order valence-corrected chi connectivity index (χ0v) is 20.3. The van der Waals surface area contributed by atoms with Crippen molar-refractivity contribution < 1.29 is 19.1 Å². The molecule has 0 unspecified atom stereocenters. The van der Waals surface area contributed by atoms with E-state index >= 15 is 0 Å². The molecule has 37 heavy (non-hydrogen) atoms. The zero-order valence-electron chi connectivity index (χ0n) is 20.3. The number of benzene rings is 2. The summed E-state index contributed by atoms with van der Waals surface area (Å²) in [7, 11) is 0. The highest BCUT2D eigenvalue weighted by atomic mass is 16.5. The summed E-state index contributed by atoms with van der Waals surface area (Å²) in [6, 6.07) is 20.7. The molecule has 2 aromatic carbocycles. The highest BCUT2D eigenvalue weighted by molar-refractivity contribution is 5.85. The third-order valence-electron chi connectivity index (χ3n) is 5.89. The number of fused-ring (bicyclic) bond motifs is 1. The van der Waals surface area contributed by atoms with Gasteiger partial charge in [-0.3, -0.25) is 9.59 Å². The quantitative estimate of drug-likeness (QED) is 0.237. The average molecular weight is 494 g/mol. The number of nitrogens with zero attached hydrogens (tertiary/aromatic N) is 3. The number of aromatic nitrogens is 3. The van der Waals surface area contributed by atoms with Crippen LogP contribution in [0.2, 0.25) is 0 Å². The van der Waals surface area contributed by atoms with Crippen LogP contribution in [-0.2, 0) is 20.9 Å². The molecule has 1 aliphatic carbocycles. The highest BCUT2D eigenvalue weighted by Crippen LogP contribution is 2.31. The second-order valence-corrected chi connectivity index (χ2v) is 8.91. The molecule has 2 aromatic heterocycles. The molecule has 0 radical (unpaired) electrons. The van der Waals surface area contributed by atoms with Gasteiger partial charge >= 0.3 is 5.97 Å². The van der Waals surface area contributed by atoms with Crippen LogP contribution in [0.3, 0.4) is 0 Å². The lowest BCUT2D eigenvalue weighted by molar-refractivity contribution is -0.143. The molecule has 0 aliphatic heterocycles. The van der Waals surface area contributed by atoms with Crippen molar-refractivity contribution in [2.75, 3.05) is 0 Å². The minimum Gasteiger partial charge on any atom is -0.461 e. The third kappa shape index (κ3) is 7.01. The molecule has 2 heterocycles. The minimum atomic E-state index is -0.272. The first kappa shape index (κ1) is 24.2. The van der Waals surface area contributed by atoms with Crippen LogP contribution >= 0.6 is 0 Å². The number of hydrogen-bond acceptors (Lipinski definition) is 6. The maximum absolute atomic E-state index is 11.9. The van der Waals surface area contributed by atoms with Gasteiger partial charge in [-0.1, -0.05) is 60.7 Å². The smallest absolute Gasteiger partial charge is 0.309 e. The van der Waals surface area contributed by atoms with E-state index in [1.807, 2.05) is 78.9 Å². The van der Waals surface area contributed by atoms with Gasteiger partial charge in [-0.25, -0.2) is 9.50 Å². The van der Waals surface area contributed by atoms with Crippen molar-refractivity contribution in [1.29, 1.82) is 0 Å². The number of imidazole rings is 1. The summed E-state index contributed by atoms with van der Waals surface area (Å²) in [5.41, 5.74) is 3.35. The van der Waals surface area contributed by atoms with Gasteiger partial charge in [0.05, 0.1) is 18.3 Å². The van der Waals surface area contributed by atoms with Crippen LogP contribution in [-0.4, -0.2) is 26.4 Å². The SMILES string of the molecule is O=C(C/C=C/c1ccc(Oc2ccc3nc(/C=C/CC(=O)C4CC4)cn3n2)cc1)OCc1ccccc1. The molecule has 7 nitrogen and oxygen atoms in total. The summed E-state index contributed by atoms with van der Waals surface area (Å²) < 4.78 is 12.8. The van der Waals surface area contributed by atoms with Crippen LogP contribution < -0.4 is 4.74 Å². The van der Waals surface area contributed by atoms with Crippen molar-refractivity contribution in [3.63, 3.8) is 0 Å². The molecule has 5 rings (SSSR count). The Hall–Kier alpha value is -4.52. The third-order valence-corrected chi connectivity index (χ3v) is 5.89. The van der Waals surface area contributed by atoms with E-state index in [9.17, 15) is 9.59 Å². The number of carbonyl (C=O) groups excluding carboxylic acids is 2. The van der Waals surface area contributed by atoms with Crippen molar-refractivity contribution in [2.24, 2.45) is 5.92 Å². The Morgan fingerprint density at radius 1 is 0.919 bits per heavy atom. The first-order valence-electron chi connectivity index (χ1n) is 12.3. The summed E-state index contributed by atoms with van der Waals surface area (Å²) >= 11 is 0. The molecule has 7 heteroatoms. The molecule has 1 fully saturated rings. The number of ether oxygens (including phenoxy) is 2. The fraction of sp³-hybridized carbons (Fsp3) is 0.200. The number of rotatable bonds is 11. The van der Waals surface area contributed by atoms with Crippen LogP contribution in [0, 0.1) is 5.92 Å². The lowest BCUT2D eigenvalue weighted by Crippen LogP contribution is -2.02. The van der Waals surface area contributed by atoms with Gasteiger partial charge in [-0.05, 0) is 48.2 Å². The largest absolute Gasteiger partial charge is 0.461 e. The maximum atomic E-state index is 11.9. The molecule has 0 spiro atoms. The van der Waals surface area contributed by atoms with Gasteiger partial charge < -0.3 is 9.47 Å². The lowest BCUT2D eigenvalue weighted by Gasteiger charge is -2.05. The normalized spacial score (nSPS) is 13.4. The topological polar surface area (TPSA) is 82.8 Å². The standard InChI is InChI=1S/C30H27N3O4/c34-27(24-14-15-24)10-5-9-25-20-33-28(31-25)18-19-29(32-33)37-26-16-12-22(13-17-26)8-4-11-30(35)36-21-23-6-2-1-3-7-23/h1-9,12-13,16-20,24H,10-11,14-15,21H2/b8-4+,9-5+. The number of allylic oxidation sites excluding steroid dienone is 1. The first-order valence-corrected chi connectivity index (χ1v) is 12.3. The van der Waals surface area contributed by atoms with E-state index in [1.54, 1.807) is 22.9 Å². The molecule has 0 atom stereocenters. The molecule has 0 N–H and O–H groups in total. The van der Waals surface area contributed by atoms with Gasteiger partial charge in [0.1, 0.15) is 18.1 Å². The minimum absolute atomic E-state index is 0.202. The number of ketones is 1. The monoisotopic (exact) mass is 493 g/mol. The van der Waals surface area contributed by atoms with Crippen LogP contribution in [0.15, 0.2) is 85.1 Å². The highest BCUT2D eigenvalue weighted by Gasteiger charge is 2.28. The predicted octanol–water partition coefficient (Wildman–Crippen LogP) is 6.05. The Kier molecular flexibility index (Phi) is 7.50. The fourth-order valence-corrected chi connectivity index (χ4v) is 3.74. The van der Waals surface area contributed by atoms with Crippen LogP contribution in [0.5, 0.6) is 11.6 Å². The number of carbonyl (C=O) groups is 2. The molecule has 0 amide bonds. The summed E-state index contributed by atoms with van der Waals surface area (Å²) in [6.07, 6.45) is 11.9. The molecular weight excluding hydrogens is 466 g/mol. The van der Waals surface area contributed by atoms with E-state index in [0.29, 0.717) is 29.5 Å². The van der Waals surface area contributed by atoms with E-state index in [0.717, 1.165) is 29.7 Å². The van der Waals surface area contributed by atoms with Crippen molar-refractivity contribution in [1.82, 2.24) is 14.6 Å². The van der Waals surface area contributed by atoms with Gasteiger partial charge in [-0.15, -0.1) is 5.10 Å². The summed E-state index contributed by atoms with van der Waals surface area (Å²) in [4.78, 5) is 28.3. The van der Waals surface area contributed by atoms with Crippen LogP contribution in [0.4, 0.5) is 0 Å². The van der Waals surface area contributed by atoms with Gasteiger partial charge in [0.25, 0.3) is 0 Å². The Balaban J connectivity index is 1.11. The molecule has 1 aliphatic rings. The summed E-state index contributed by atoms with van der Waals surface area (Å²) in [5.74, 6) is 1.38. The van der Waals surface area contributed by atoms with Gasteiger partial charge in [0.15, 0.2) is 5.65 Å². The van der Waals surface area contributed by atoms with E-state index in [-0.39, 0.29) is 24.9 Å². The van der Waals surface area contributed by atoms with Gasteiger partial charge in [0, 0.05) is 18.4 Å². The maximum Gasteiger partial charge on any atom is 0.309 e. The predicted molar refractivity (Wildman–Crippen MR) is 141 cm³/mol. The second kappa shape index (κ2) is 11.5. The number of hydrogen-bond donors (Lipinski definition) is 0. The number of esters is 1. The molecular formula is C30H27N3O4. The summed E-state index contributed by atoms with van der Waals surface area (Å²) in [6.45, 7) is 0.276. The van der Waals surface area contributed by atoms with E-state index < -0.39 is 0 Å². The van der Waals surface area contributed by atoms with Crippen molar-refractivity contribution in [2.45, 2.75) is 32.3 Å². The molecule has 4 aromatic rings. The zero-order chi connectivity index (χ0) is 25.5. The first-order chi connectivity index (χ1) is 18.1. The van der Waals surface area contributed by atoms with Crippen LogP contribution in [0.1, 0.15) is 42.5 Å².